The summed E-state index contributed by atoms with van der Waals surface area (Å²) in [7, 11) is 0. The molecule has 0 atom stereocenters. The topological polar surface area (TPSA) is 50.4 Å². The number of hydrogen-bond donors (Lipinski definition) is 2. The summed E-state index contributed by atoms with van der Waals surface area (Å²) < 4.78 is 6.71. The van der Waals surface area contributed by atoms with Gasteiger partial charge in [0.25, 0.3) is 0 Å². The van der Waals surface area contributed by atoms with Crippen LogP contribution < -0.4 is 15.4 Å². The predicted molar refractivity (Wildman–Crippen MR) is 89.5 cm³/mol. The summed E-state index contributed by atoms with van der Waals surface area (Å²) in [6, 6.07) is 5.99. The van der Waals surface area contributed by atoms with Gasteiger partial charge in [-0.05, 0) is 41.4 Å². The number of rotatable bonds is 9. The van der Waals surface area contributed by atoms with E-state index in [1.165, 1.54) is 0 Å². The quantitative estimate of drug-likeness (QED) is 0.714. The maximum Gasteiger partial charge on any atom is 0.223 e. The summed E-state index contributed by atoms with van der Waals surface area (Å²) in [6.45, 7) is 9.02. The Morgan fingerprint density at radius 2 is 2.14 bits per heavy atom. The Morgan fingerprint density at radius 1 is 1.38 bits per heavy atom. The van der Waals surface area contributed by atoms with Crippen LogP contribution in [0.25, 0.3) is 0 Å². The van der Waals surface area contributed by atoms with Crippen molar-refractivity contribution in [1.82, 2.24) is 10.6 Å². The van der Waals surface area contributed by atoms with Crippen LogP contribution in [0.2, 0.25) is 0 Å². The van der Waals surface area contributed by atoms with Crippen molar-refractivity contribution in [3.05, 3.63) is 28.2 Å². The van der Waals surface area contributed by atoms with Gasteiger partial charge in [-0.25, -0.2) is 0 Å². The molecule has 0 bridgehead atoms. The fourth-order valence-corrected chi connectivity index (χ4v) is 2.40. The lowest BCUT2D eigenvalue weighted by Crippen LogP contribution is -2.24. The lowest BCUT2D eigenvalue weighted by molar-refractivity contribution is -0.121. The number of benzene rings is 1. The molecule has 0 aliphatic heterocycles. The highest BCUT2D eigenvalue weighted by Crippen LogP contribution is 2.29. The minimum Gasteiger partial charge on any atom is -0.492 e. The second-order valence-electron chi connectivity index (χ2n) is 5.30. The molecule has 118 valence electrons. The summed E-state index contributed by atoms with van der Waals surface area (Å²) in [5.41, 5.74) is 1.10. The molecule has 2 N–H and O–H groups in total. The summed E-state index contributed by atoms with van der Waals surface area (Å²) >= 11 is 3.51. The highest BCUT2D eigenvalue weighted by atomic mass is 79.9. The van der Waals surface area contributed by atoms with E-state index in [0.717, 1.165) is 28.9 Å². The van der Waals surface area contributed by atoms with Gasteiger partial charge in [0, 0.05) is 18.7 Å². The van der Waals surface area contributed by atoms with Crippen LogP contribution in [0.1, 0.15) is 32.8 Å². The first-order chi connectivity index (χ1) is 10.0. The minimum absolute atomic E-state index is 0.0176. The van der Waals surface area contributed by atoms with Gasteiger partial charge in [-0.2, -0.15) is 0 Å². The third kappa shape index (κ3) is 6.96. The lowest BCUT2D eigenvalue weighted by Gasteiger charge is -2.14. The summed E-state index contributed by atoms with van der Waals surface area (Å²) in [6.07, 6.45) is 0.369. The minimum atomic E-state index is 0.0176. The normalized spacial score (nSPS) is 10.7. The Morgan fingerprint density at radius 3 is 2.81 bits per heavy atom. The van der Waals surface area contributed by atoms with Crippen molar-refractivity contribution in [1.29, 1.82) is 0 Å². The van der Waals surface area contributed by atoms with E-state index in [1.54, 1.807) is 0 Å². The maximum absolute atomic E-state index is 11.4. The Kier molecular flexibility index (Phi) is 8.38. The molecule has 0 aliphatic carbocycles. The van der Waals surface area contributed by atoms with E-state index >= 15 is 0 Å². The summed E-state index contributed by atoms with van der Waals surface area (Å²) in [4.78, 5) is 11.4. The van der Waals surface area contributed by atoms with E-state index in [2.05, 4.69) is 40.4 Å². The lowest BCUT2D eigenvalue weighted by atomic mass is 10.2. The maximum atomic E-state index is 11.4. The van der Waals surface area contributed by atoms with Gasteiger partial charge in [0.1, 0.15) is 5.75 Å². The molecule has 0 aromatic heterocycles. The Bertz CT molecular complexity index is 450. The molecule has 1 aromatic rings. The van der Waals surface area contributed by atoms with Crippen LogP contribution in [0, 0.1) is 5.92 Å². The third-order valence-electron chi connectivity index (χ3n) is 2.87. The van der Waals surface area contributed by atoms with Crippen LogP contribution in [-0.4, -0.2) is 25.6 Å². The molecule has 0 unspecified atom stereocenters. The van der Waals surface area contributed by atoms with Crippen molar-refractivity contribution < 1.29 is 9.53 Å². The highest BCUT2D eigenvalue weighted by Gasteiger charge is 2.09. The third-order valence-corrected chi connectivity index (χ3v) is 3.49. The SMILES string of the molecule is CCNC(=O)CCOc1c(Br)cccc1CNCC(C)C. The van der Waals surface area contributed by atoms with E-state index in [9.17, 15) is 4.79 Å². The molecule has 0 aliphatic rings. The zero-order chi connectivity index (χ0) is 15.7. The first kappa shape index (κ1) is 18.0. The van der Waals surface area contributed by atoms with Crippen molar-refractivity contribution in [3.8, 4) is 5.75 Å². The number of halogens is 1. The molecule has 4 nitrogen and oxygen atoms in total. The van der Waals surface area contributed by atoms with E-state index in [-0.39, 0.29) is 5.91 Å². The van der Waals surface area contributed by atoms with Crippen LogP contribution >= 0.6 is 15.9 Å². The first-order valence-electron chi connectivity index (χ1n) is 7.42. The van der Waals surface area contributed by atoms with Gasteiger partial charge in [0.05, 0.1) is 17.5 Å². The molecule has 1 rings (SSSR count). The number of carbonyl (C=O) groups is 1. The molecular formula is C16H25BrN2O2. The average Bonchev–Trinajstić information content (AvgIpc) is 2.41. The number of hydrogen-bond acceptors (Lipinski definition) is 3. The summed E-state index contributed by atoms with van der Waals surface area (Å²) in [5.74, 6) is 1.45. The molecule has 0 radical (unpaired) electrons. The number of ether oxygens (including phenoxy) is 1. The van der Waals surface area contributed by atoms with Crippen LogP contribution in [0.3, 0.4) is 0 Å². The summed E-state index contributed by atoms with van der Waals surface area (Å²) in [5, 5.41) is 6.17. The van der Waals surface area contributed by atoms with Crippen molar-refractivity contribution >= 4 is 21.8 Å². The molecule has 1 aromatic carbocycles. The van der Waals surface area contributed by atoms with Gasteiger partial charge in [-0.3, -0.25) is 4.79 Å². The smallest absolute Gasteiger partial charge is 0.223 e. The van der Waals surface area contributed by atoms with Crippen molar-refractivity contribution in [2.45, 2.75) is 33.7 Å². The molecular weight excluding hydrogens is 332 g/mol. The van der Waals surface area contributed by atoms with Gasteiger partial charge in [-0.1, -0.05) is 26.0 Å². The Hall–Kier alpha value is -1.07. The first-order valence-corrected chi connectivity index (χ1v) is 8.21. The second kappa shape index (κ2) is 9.79. The predicted octanol–water partition coefficient (Wildman–Crippen LogP) is 3.10. The number of para-hydroxylation sites is 1. The van der Waals surface area contributed by atoms with Crippen LogP contribution in [0.15, 0.2) is 22.7 Å². The van der Waals surface area contributed by atoms with Crippen LogP contribution in [-0.2, 0) is 11.3 Å². The van der Waals surface area contributed by atoms with Crippen LogP contribution in [0.5, 0.6) is 5.75 Å². The molecule has 5 heteroatoms. The monoisotopic (exact) mass is 356 g/mol. The Balaban J connectivity index is 2.56. The second-order valence-corrected chi connectivity index (χ2v) is 6.16. The standard InChI is InChI=1S/C16H25BrN2O2/c1-4-19-15(20)8-9-21-16-13(6-5-7-14(16)17)11-18-10-12(2)3/h5-7,12,18H,4,8-11H2,1-3H3,(H,19,20). The zero-order valence-corrected chi connectivity index (χ0v) is 14.6. The van der Waals surface area contributed by atoms with Gasteiger partial charge in [0.2, 0.25) is 5.91 Å². The van der Waals surface area contributed by atoms with Gasteiger partial charge >= 0.3 is 0 Å². The van der Waals surface area contributed by atoms with E-state index < -0.39 is 0 Å². The van der Waals surface area contributed by atoms with Crippen molar-refractivity contribution in [3.63, 3.8) is 0 Å². The Labute approximate surface area is 135 Å². The van der Waals surface area contributed by atoms with E-state index in [0.29, 0.717) is 25.5 Å². The molecule has 0 saturated carbocycles. The van der Waals surface area contributed by atoms with Crippen molar-refractivity contribution in [2.75, 3.05) is 19.7 Å². The molecule has 21 heavy (non-hydrogen) atoms. The zero-order valence-electron chi connectivity index (χ0n) is 13.0. The van der Waals surface area contributed by atoms with Crippen molar-refractivity contribution in [2.24, 2.45) is 5.92 Å². The fraction of sp³-hybridized carbons (Fsp3) is 0.562. The van der Waals surface area contributed by atoms with Gasteiger partial charge in [-0.15, -0.1) is 0 Å². The molecule has 0 spiro atoms. The van der Waals surface area contributed by atoms with Gasteiger partial charge in [0.15, 0.2) is 0 Å². The fourth-order valence-electron chi connectivity index (χ4n) is 1.88. The molecule has 1 amide bonds. The molecule has 0 fully saturated rings. The van der Waals surface area contributed by atoms with Crippen LogP contribution in [0.4, 0.5) is 0 Å². The molecule has 0 heterocycles. The largest absolute Gasteiger partial charge is 0.492 e. The number of nitrogens with one attached hydrogen (secondary N) is 2. The van der Waals surface area contributed by atoms with E-state index in [4.69, 9.17) is 4.74 Å². The number of carbonyl (C=O) groups excluding carboxylic acids is 1. The number of amides is 1. The average molecular weight is 357 g/mol. The van der Waals surface area contributed by atoms with Gasteiger partial charge < -0.3 is 15.4 Å². The van der Waals surface area contributed by atoms with E-state index in [1.807, 2.05) is 25.1 Å². The molecule has 0 saturated heterocycles. The highest BCUT2D eigenvalue weighted by molar-refractivity contribution is 9.10.